The Kier molecular flexibility index (Phi) is 9.86. The second-order valence-corrected chi connectivity index (χ2v) is 11.7. The van der Waals surface area contributed by atoms with Crippen molar-refractivity contribution in [2.75, 3.05) is 19.7 Å². The first-order chi connectivity index (χ1) is 19.2. The molecular weight excluding hydrogens is 642 g/mol. The van der Waals surface area contributed by atoms with Crippen LogP contribution in [-0.4, -0.2) is 69.9 Å². The Morgan fingerprint density at radius 2 is 2.05 bits per heavy atom. The summed E-state index contributed by atoms with van der Waals surface area (Å²) >= 11 is 2.30. The number of aromatic amines is 1. The minimum atomic E-state index is -0.275. The number of halogens is 1. The normalized spacial score (nSPS) is 17.6. The van der Waals surface area contributed by atoms with Gasteiger partial charge in [0.25, 0.3) is 5.56 Å². The van der Waals surface area contributed by atoms with Crippen molar-refractivity contribution in [3.8, 4) is 17.1 Å². The van der Waals surface area contributed by atoms with Gasteiger partial charge in [-0.15, -0.1) is 0 Å². The van der Waals surface area contributed by atoms with Crippen LogP contribution >= 0.6 is 28.4 Å². The van der Waals surface area contributed by atoms with E-state index in [9.17, 15) is 9.90 Å². The van der Waals surface area contributed by atoms with Crippen LogP contribution in [0.15, 0.2) is 17.1 Å². The number of pyridine rings is 1. The van der Waals surface area contributed by atoms with Crippen LogP contribution in [0.2, 0.25) is 0 Å². The van der Waals surface area contributed by atoms with Crippen LogP contribution in [0.4, 0.5) is 0 Å². The molecule has 216 valence electrons. The molecule has 0 saturated carbocycles. The second kappa shape index (κ2) is 13.0. The topological polar surface area (TPSA) is 119 Å². The monoisotopic (exact) mass is 680 g/mol. The molecule has 0 saturated heterocycles. The van der Waals surface area contributed by atoms with Gasteiger partial charge in [0.2, 0.25) is 5.88 Å². The van der Waals surface area contributed by atoms with E-state index in [1.165, 1.54) is 0 Å². The van der Waals surface area contributed by atoms with Gasteiger partial charge in [-0.05, 0) is 67.6 Å². The Bertz CT molecular complexity index is 1570. The van der Waals surface area contributed by atoms with Crippen LogP contribution in [-0.2, 0) is 13.6 Å². The van der Waals surface area contributed by atoms with Gasteiger partial charge in [-0.3, -0.25) is 24.5 Å². The first-order valence-corrected chi connectivity index (χ1v) is 17.6. The van der Waals surface area contributed by atoms with Gasteiger partial charge in [0.1, 0.15) is 6.10 Å². The number of H-pyrrole nitrogens is 1. The third-order valence-corrected chi connectivity index (χ3v) is 8.80. The van der Waals surface area contributed by atoms with E-state index in [0.717, 1.165) is 45.8 Å². The van der Waals surface area contributed by atoms with E-state index in [0.29, 0.717) is 30.9 Å². The lowest BCUT2D eigenvalue weighted by molar-refractivity contribution is 0.132. The van der Waals surface area contributed by atoms with Crippen molar-refractivity contribution in [2.24, 2.45) is 7.05 Å². The van der Waals surface area contributed by atoms with Crippen molar-refractivity contribution >= 4 is 51.5 Å². The number of aliphatic hydroxyl groups is 1. The van der Waals surface area contributed by atoms with Gasteiger partial charge in [0, 0.05) is 25.5 Å². The van der Waals surface area contributed by atoms with E-state index < -0.39 is 0 Å². The highest BCUT2D eigenvalue weighted by atomic mass is 127. The number of aromatic nitrogens is 7. The fourth-order valence-corrected chi connectivity index (χ4v) is 6.51. The molecule has 5 heterocycles. The molecule has 11 nitrogen and oxygen atoms in total. The highest BCUT2D eigenvalue weighted by molar-refractivity contribution is 14.2. The van der Waals surface area contributed by atoms with Crippen molar-refractivity contribution < 1.29 is 9.84 Å². The number of hydrogen-bond donors (Lipinski definition) is 2. The molecule has 40 heavy (non-hydrogen) atoms. The van der Waals surface area contributed by atoms with Crippen molar-refractivity contribution in [3.63, 3.8) is 0 Å². The molecule has 0 aliphatic carbocycles. The third-order valence-electron chi connectivity index (χ3n) is 6.93. The van der Waals surface area contributed by atoms with Crippen molar-refractivity contribution in [3.05, 3.63) is 45.3 Å². The Morgan fingerprint density at radius 3 is 2.73 bits per heavy atom. The fourth-order valence-electron chi connectivity index (χ4n) is 4.99. The number of nitrogens with zero attached hydrogens (tertiary/aromatic N) is 7. The maximum atomic E-state index is 13.1. The molecule has 0 fully saturated rings. The van der Waals surface area contributed by atoms with E-state index in [4.69, 9.17) is 14.8 Å². The Hall–Kier alpha value is -2.54. The maximum absolute atomic E-state index is 13.1. The molecule has 13 heteroatoms. The van der Waals surface area contributed by atoms with E-state index >= 15 is 0 Å². The van der Waals surface area contributed by atoms with Crippen LogP contribution in [0.25, 0.3) is 34.3 Å². The number of aryl methyl sites for hydroxylation is 2. The fraction of sp³-hybridized carbons (Fsp3) is 0.481. The zero-order valence-electron chi connectivity index (χ0n) is 24.1. The maximum Gasteiger partial charge on any atom is 0.271 e. The summed E-state index contributed by atoms with van der Waals surface area (Å²) in [5.41, 5.74) is 5.31. The van der Waals surface area contributed by atoms with Crippen LogP contribution in [0.1, 0.15) is 63.3 Å². The first kappa shape index (κ1) is 30.4. The predicted octanol–water partition coefficient (Wildman–Crippen LogP) is 4.77. The number of ether oxygens (including phenoxy) is 1. The molecule has 4 aromatic rings. The zero-order valence-corrected chi connectivity index (χ0v) is 27.2. The lowest BCUT2D eigenvalue weighted by Crippen LogP contribution is -2.35. The van der Waals surface area contributed by atoms with Crippen LogP contribution in [0.5, 0.6) is 5.88 Å². The summed E-state index contributed by atoms with van der Waals surface area (Å²) < 4.78 is 12.0. The molecule has 2 unspecified atom stereocenters. The summed E-state index contributed by atoms with van der Waals surface area (Å²) in [5, 5.41) is 23.2. The van der Waals surface area contributed by atoms with Crippen molar-refractivity contribution in [2.45, 2.75) is 60.2 Å². The lowest BCUT2D eigenvalue weighted by Gasteiger charge is -2.26. The van der Waals surface area contributed by atoms with Crippen molar-refractivity contribution in [1.82, 2.24) is 39.0 Å². The number of fused-ring (bicyclic) bond motifs is 4. The molecule has 1 aliphatic heterocycles. The summed E-state index contributed by atoms with van der Waals surface area (Å²) in [7, 11) is 1.88. The van der Waals surface area contributed by atoms with Gasteiger partial charge in [-0.25, -0.2) is 9.13 Å². The number of hydrogen-bond acceptors (Lipinski definition) is 7. The molecule has 0 amide bonds. The average Bonchev–Trinajstić information content (AvgIpc) is 3.56. The van der Waals surface area contributed by atoms with Gasteiger partial charge < -0.3 is 9.84 Å². The smallest absolute Gasteiger partial charge is 0.271 e. The largest absolute Gasteiger partial charge is 0.473 e. The molecular formula is C27H38IN8O3P. The summed E-state index contributed by atoms with van der Waals surface area (Å²) in [6, 6.07) is 1.75. The van der Waals surface area contributed by atoms with E-state index in [2.05, 4.69) is 44.1 Å². The molecule has 3 atom stereocenters. The minimum Gasteiger partial charge on any atom is -0.473 e. The SMILES string of the molecule is CC.CCN1Cc2c(c(=O)[nH]n2C(C)CO)/C=C/c2nn(PI)c3cnc(cc23)-c2c(C)nn(C)c2O[C@H](C)C1. The van der Waals surface area contributed by atoms with Gasteiger partial charge in [-0.1, -0.05) is 20.8 Å². The van der Waals surface area contributed by atoms with Crippen LogP contribution < -0.4 is 10.3 Å². The van der Waals surface area contributed by atoms with Crippen LogP contribution in [0.3, 0.4) is 0 Å². The Labute approximate surface area is 248 Å². The molecule has 2 bridgehead atoms. The third kappa shape index (κ3) is 5.77. The summed E-state index contributed by atoms with van der Waals surface area (Å²) in [5.74, 6) is 0.668. The standard InChI is InChI=1S/C25H32IN8O3P.C2H6/c1-6-32-11-15(3)37-25-23(16(4)28-31(25)5)20-9-18-19(29-34(38-26)21(18)10-27-20)8-7-17-22(12-32)33(14(2)13-35)30-24(17)36;1-2/h7-10,14-15,35,38H,6,11-13H2,1-5H3,(H,30,36);1-2H3/b8-7+;/t14?,15-;/m1./s1. The van der Waals surface area contributed by atoms with Gasteiger partial charge in [0.15, 0.2) is 0 Å². The number of likely N-dealkylation sites (N-methyl/N-ethyl adjacent to an activating group) is 1. The second-order valence-electron chi connectivity index (χ2n) is 9.65. The summed E-state index contributed by atoms with van der Waals surface area (Å²) in [6.07, 6.45) is 5.81. The quantitative estimate of drug-likeness (QED) is 0.236. The average molecular weight is 681 g/mol. The minimum absolute atomic E-state index is 0.0869. The highest BCUT2D eigenvalue weighted by Gasteiger charge is 2.25. The van der Waals surface area contributed by atoms with Crippen LogP contribution in [0, 0.1) is 6.92 Å². The Morgan fingerprint density at radius 1 is 1.30 bits per heavy atom. The number of nitrogens with one attached hydrogen (secondary N) is 1. The zero-order chi connectivity index (χ0) is 29.1. The lowest BCUT2D eigenvalue weighted by atomic mass is 10.1. The molecule has 0 radical (unpaired) electrons. The predicted molar refractivity (Wildman–Crippen MR) is 170 cm³/mol. The van der Waals surface area contributed by atoms with Gasteiger partial charge >= 0.3 is 0 Å². The first-order valence-electron chi connectivity index (χ1n) is 13.6. The molecule has 2 N–H and O–H groups in total. The van der Waals surface area contributed by atoms with Gasteiger partial charge in [-0.2, -0.15) is 10.2 Å². The Balaban J connectivity index is 0.00000181. The summed E-state index contributed by atoms with van der Waals surface area (Å²) in [4.78, 5) is 20.1. The molecule has 4 aromatic heterocycles. The van der Waals surface area contributed by atoms with E-state index in [1.54, 1.807) is 9.36 Å². The highest BCUT2D eigenvalue weighted by Crippen LogP contribution is 2.37. The molecule has 0 spiro atoms. The number of aliphatic hydroxyl groups excluding tert-OH is 1. The molecule has 0 aromatic carbocycles. The van der Waals surface area contributed by atoms with E-state index in [1.807, 2.05) is 70.5 Å². The molecule has 1 aliphatic rings. The van der Waals surface area contributed by atoms with E-state index in [-0.39, 0.29) is 24.3 Å². The van der Waals surface area contributed by atoms with Gasteiger partial charge in [0.05, 0.1) is 64.6 Å². The molecule has 5 rings (SSSR count). The summed E-state index contributed by atoms with van der Waals surface area (Å²) in [6.45, 7) is 13.8. The number of rotatable bonds is 4. The van der Waals surface area contributed by atoms with Crippen molar-refractivity contribution in [1.29, 1.82) is 0 Å².